The van der Waals surface area contributed by atoms with Gasteiger partial charge in [-0.15, -0.1) is 11.6 Å². The number of hydrogen-bond acceptors (Lipinski definition) is 9. The molecular weight excluding hydrogens is 834 g/mol. The Morgan fingerprint density at radius 3 is 2.38 bits per heavy atom. The van der Waals surface area contributed by atoms with Gasteiger partial charge >= 0.3 is 0 Å². The fourth-order valence-electron chi connectivity index (χ4n) is 9.00. The van der Waals surface area contributed by atoms with Crippen LogP contribution >= 0.6 is 11.6 Å². The normalized spacial score (nSPS) is 17.7. The number of anilines is 2. The average Bonchev–Trinajstić information content (AvgIpc) is 3.81. The molecule has 1 fully saturated rings. The zero-order chi connectivity index (χ0) is 44.6. The van der Waals surface area contributed by atoms with Gasteiger partial charge in [-0.1, -0.05) is 42.8 Å². The van der Waals surface area contributed by atoms with Crippen molar-refractivity contribution in [1.29, 1.82) is 0 Å². The Balaban J connectivity index is 0.829. The number of aliphatic imine (C=N–C) groups is 1. The first-order valence-corrected chi connectivity index (χ1v) is 22.9. The molecule has 0 bridgehead atoms. The molecule has 1 N–H and O–H groups in total. The zero-order valence-electron chi connectivity index (χ0n) is 36.2. The van der Waals surface area contributed by atoms with Gasteiger partial charge in [-0.2, -0.15) is 0 Å². The first-order valence-electron chi connectivity index (χ1n) is 22.4. The van der Waals surface area contributed by atoms with Gasteiger partial charge in [0.25, 0.3) is 17.7 Å². The van der Waals surface area contributed by atoms with Crippen LogP contribution in [0.25, 0.3) is 10.8 Å². The Morgan fingerprint density at radius 2 is 1.59 bits per heavy atom. The molecule has 0 radical (unpaired) electrons. The summed E-state index contributed by atoms with van der Waals surface area (Å²) in [5, 5.41) is 4.90. The van der Waals surface area contributed by atoms with E-state index in [1.165, 1.54) is 17.1 Å². The zero-order valence-corrected chi connectivity index (χ0v) is 36.9. The predicted molar refractivity (Wildman–Crippen MR) is 247 cm³/mol. The van der Waals surface area contributed by atoms with Crippen LogP contribution in [0.3, 0.4) is 0 Å². The van der Waals surface area contributed by atoms with Crippen LogP contribution in [0.2, 0.25) is 0 Å². The summed E-state index contributed by atoms with van der Waals surface area (Å²) in [6.45, 7) is 2.29. The molecule has 0 aromatic heterocycles. The Morgan fingerprint density at radius 1 is 0.828 bits per heavy atom. The minimum Gasteiger partial charge on any atom is -0.493 e. The fourth-order valence-corrected chi connectivity index (χ4v) is 9.26. The summed E-state index contributed by atoms with van der Waals surface area (Å²) >= 11 is 6.55. The van der Waals surface area contributed by atoms with E-state index in [0.29, 0.717) is 91.9 Å². The van der Waals surface area contributed by atoms with Gasteiger partial charge < -0.3 is 29.3 Å². The number of ether oxygens (including phenoxy) is 3. The number of piperidine rings is 1. The number of carbonyl (C=O) groups excluding carboxylic acids is 5. The number of unbranched alkanes of at least 4 members (excludes halogenated alkanes) is 4. The molecule has 334 valence electrons. The molecule has 4 heterocycles. The Kier molecular flexibility index (Phi) is 14.2. The van der Waals surface area contributed by atoms with Crippen molar-refractivity contribution in [2.24, 2.45) is 4.99 Å². The summed E-state index contributed by atoms with van der Waals surface area (Å²) in [6, 6.07) is 21.1. The second-order valence-electron chi connectivity index (χ2n) is 16.7. The molecule has 5 amide bonds. The van der Waals surface area contributed by atoms with E-state index in [4.69, 9.17) is 25.8 Å². The number of rotatable bonds is 19. The van der Waals surface area contributed by atoms with Crippen molar-refractivity contribution in [2.45, 2.75) is 89.2 Å². The monoisotopic (exact) mass is 887 g/mol. The summed E-state index contributed by atoms with van der Waals surface area (Å²) in [7, 11) is 1.57. The van der Waals surface area contributed by atoms with Crippen LogP contribution in [0.5, 0.6) is 17.2 Å². The fraction of sp³-hybridized carbons (Fsp3) is 0.400. The van der Waals surface area contributed by atoms with Crippen molar-refractivity contribution in [3.05, 3.63) is 95.6 Å². The molecule has 13 nitrogen and oxygen atoms in total. The minimum absolute atomic E-state index is 0.0136. The van der Waals surface area contributed by atoms with Crippen LogP contribution in [0.15, 0.2) is 83.9 Å². The number of alkyl halides is 1. The van der Waals surface area contributed by atoms with Crippen LogP contribution < -0.4 is 24.4 Å². The molecule has 0 aliphatic carbocycles. The maximum Gasteiger partial charge on any atom is 0.256 e. The number of imide groups is 1. The highest BCUT2D eigenvalue weighted by atomic mass is 35.5. The third-order valence-corrected chi connectivity index (χ3v) is 12.8. The van der Waals surface area contributed by atoms with Crippen molar-refractivity contribution in [3.8, 4) is 17.2 Å². The van der Waals surface area contributed by atoms with Crippen LogP contribution in [-0.2, 0) is 25.8 Å². The largest absolute Gasteiger partial charge is 0.493 e. The quantitative estimate of drug-likeness (QED) is 0.0558. The first kappa shape index (κ1) is 44.4. The average molecular weight is 888 g/mol. The smallest absolute Gasteiger partial charge is 0.256 e. The van der Waals surface area contributed by atoms with Crippen LogP contribution in [0.1, 0.15) is 98.0 Å². The SMILES string of the molecule is COc1cc2c(cc1OCCCCCC(=O)N1C[C@@H](CCl)c3c1cc(OCc1ccc(NC(=O)CCCCCN4C(=O)C=CC4=O)cc1)c1ccccc31)N=CC1CCCCN1C2=O. The number of amides is 5. The van der Waals surface area contributed by atoms with E-state index in [1.54, 1.807) is 19.2 Å². The van der Waals surface area contributed by atoms with E-state index in [9.17, 15) is 24.0 Å². The lowest BCUT2D eigenvalue weighted by molar-refractivity contribution is -0.137. The number of carbonyl (C=O) groups is 5. The molecule has 1 unspecified atom stereocenters. The van der Waals surface area contributed by atoms with Gasteiger partial charge in [0.2, 0.25) is 11.8 Å². The lowest BCUT2D eigenvalue weighted by Gasteiger charge is -2.32. The van der Waals surface area contributed by atoms with E-state index in [2.05, 4.69) is 16.4 Å². The standard InChI is InChI=1S/C50H54ClN5O8/c1-62-43-26-39-40(52-30-36-12-8-10-23-54(36)50(39)61)27-44(43)63-25-11-3-5-16-46(58)56-31-34(29-51)49-38-14-7-6-13-37(38)42(28-41(49)56)64-32-33-17-19-35(20-18-33)53-45(57)15-4-2-9-24-55-47(59)21-22-48(55)60/h6-7,13-14,17-22,26-28,30,34,36H,2-5,8-12,15-16,23-25,29,31-32H2,1H3,(H,53,57)/t34-,36?/m1/s1. The third-order valence-electron chi connectivity index (χ3n) is 12.4. The molecule has 4 aliphatic heterocycles. The molecule has 4 aromatic rings. The van der Waals surface area contributed by atoms with Gasteiger partial charge in [-0.05, 0) is 86.1 Å². The molecule has 2 atom stereocenters. The van der Waals surface area contributed by atoms with Gasteiger partial charge in [0.15, 0.2) is 11.5 Å². The van der Waals surface area contributed by atoms with Gasteiger partial charge in [0.1, 0.15) is 12.4 Å². The van der Waals surface area contributed by atoms with Crippen molar-refractivity contribution in [1.82, 2.24) is 9.80 Å². The second kappa shape index (κ2) is 20.5. The number of benzene rings is 4. The van der Waals surface area contributed by atoms with Gasteiger partial charge in [-0.3, -0.25) is 33.9 Å². The molecule has 8 rings (SSSR count). The molecule has 64 heavy (non-hydrogen) atoms. The van der Waals surface area contributed by atoms with E-state index < -0.39 is 0 Å². The molecule has 0 saturated carbocycles. The van der Waals surface area contributed by atoms with Crippen LogP contribution in [0.4, 0.5) is 17.1 Å². The second-order valence-corrected chi connectivity index (χ2v) is 17.0. The van der Waals surface area contributed by atoms with Crippen molar-refractivity contribution >= 4 is 75.2 Å². The van der Waals surface area contributed by atoms with Crippen molar-refractivity contribution in [3.63, 3.8) is 0 Å². The van der Waals surface area contributed by atoms with Crippen molar-refractivity contribution < 1.29 is 38.2 Å². The predicted octanol–water partition coefficient (Wildman–Crippen LogP) is 8.87. The molecule has 14 heteroatoms. The summed E-state index contributed by atoms with van der Waals surface area (Å²) < 4.78 is 18.2. The number of halogens is 1. The first-order chi connectivity index (χ1) is 31.2. The molecular formula is C50H54ClN5O8. The highest BCUT2D eigenvalue weighted by Gasteiger charge is 2.35. The summed E-state index contributed by atoms with van der Waals surface area (Å²) in [5.74, 6) is 1.41. The van der Waals surface area contributed by atoms with Crippen LogP contribution in [-0.4, -0.2) is 90.8 Å². The number of nitrogens with zero attached hydrogens (tertiary/aromatic N) is 4. The molecule has 4 aromatic carbocycles. The molecule has 0 spiro atoms. The van der Waals surface area contributed by atoms with Gasteiger partial charge in [-0.25, -0.2) is 0 Å². The van der Waals surface area contributed by atoms with E-state index in [0.717, 1.165) is 72.7 Å². The lowest BCUT2D eigenvalue weighted by atomic mass is 9.95. The van der Waals surface area contributed by atoms with E-state index in [-0.39, 0.29) is 48.1 Å². The number of methoxy groups -OCH3 is 1. The summed E-state index contributed by atoms with van der Waals surface area (Å²) in [6.07, 6.45) is 12.4. The van der Waals surface area contributed by atoms with E-state index >= 15 is 0 Å². The Bertz CT molecular complexity index is 2450. The lowest BCUT2D eigenvalue weighted by Crippen LogP contribution is -2.43. The summed E-state index contributed by atoms with van der Waals surface area (Å²) in [4.78, 5) is 72.9. The Labute approximate surface area is 378 Å². The van der Waals surface area contributed by atoms with Crippen molar-refractivity contribution in [2.75, 3.05) is 49.4 Å². The Hall–Kier alpha value is -6.21. The highest BCUT2D eigenvalue weighted by molar-refractivity contribution is 6.19. The maximum atomic E-state index is 13.9. The number of hydrogen-bond donors (Lipinski definition) is 1. The third kappa shape index (κ3) is 9.94. The molecule has 4 aliphatic rings. The number of fused-ring (bicyclic) bond motifs is 5. The molecule has 1 saturated heterocycles. The minimum atomic E-state index is -0.286. The maximum absolute atomic E-state index is 13.9. The summed E-state index contributed by atoms with van der Waals surface area (Å²) in [5.41, 5.74) is 4.60. The topological polar surface area (TPSA) is 147 Å². The highest BCUT2D eigenvalue weighted by Crippen LogP contribution is 2.46. The number of nitrogens with one attached hydrogen (secondary N) is 1. The van der Waals surface area contributed by atoms with Gasteiger partial charge in [0.05, 0.1) is 36.7 Å². The van der Waals surface area contributed by atoms with E-state index in [1.807, 2.05) is 64.5 Å². The van der Waals surface area contributed by atoms with Gasteiger partial charge in [0, 0.05) is 85.8 Å². The van der Waals surface area contributed by atoms with Crippen LogP contribution in [0, 0.1) is 0 Å².